The molecular weight excluding hydrogens is 436 g/mol. The van der Waals surface area contributed by atoms with Gasteiger partial charge in [-0.1, -0.05) is 42.5 Å². The molecule has 4 aromatic rings. The lowest BCUT2D eigenvalue weighted by Crippen LogP contribution is -2.13. The molecule has 9 nitrogen and oxygen atoms in total. The Bertz CT molecular complexity index is 1570. The molecule has 0 aliphatic carbocycles. The summed E-state index contributed by atoms with van der Waals surface area (Å²) in [6.07, 6.45) is 0. The maximum Gasteiger partial charge on any atom is 0.510 e. The molecule has 0 amide bonds. The molecule has 0 unspecified atom stereocenters. The summed E-state index contributed by atoms with van der Waals surface area (Å²) in [6.45, 7) is 0. The summed E-state index contributed by atoms with van der Waals surface area (Å²) in [5.41, 5.74) is -1.60. The van der Waals surface area contributed by atoms with Crippen molar-refractivity contribution in [1.29, 1.82) is 5.39 Å². The Balaban J connectivity index is 1.77. The zero-order chi connectivity index (χ0) is 22.9. The van der Waals surface area contributed by atoms with Gasteiger partial charge in [0.2, 0.25) is 11.1 Å². The van der Waals surface area contributed by atoms with Gasteiger partial charge in [-0.05, 0) is 30.3 Å². The van der Waals surface area contributed by atoms with Crippen molar-refractivity contribution in [2.75, 3.05) is 0 Å². The minimum absolute atomic E-state index is 0.0401. The number of nitrogens with zero attached hydrogens (tertiary/aromatic N) is 2. The molecule has 0 atom stereocenters. The third-order valence-electron chi connectivity index (χ3n) is 4.58. The van der Waals surface area contributed by atoms with Crippen LogP contribution in [0.15, 0.2) is 86.9 Å². The summed E-state index contributed by atoms with van der Waals surface area (Å²) in [5.74, 6) is -1.37. The van der Waals surface area contributed by atoms with Crippen molar-refractivity contribution in [1.82, 2.24) is 0 Å². The van der Waals surface area contributed by atoms with E-state index in [2.05, 4.69) is 4.98 Å². The number of carbonyl (C=O) groups is 1. The summed E-state index contributed by atoms with van der Waals surface area (Å²) >= 11 is 0. The van der Waals surface area contributed by atoms with Crippen molar-refractivity contribution in [3.8, 4) is 11.5 Å². The molecule has 10 heteroatoms. The van der Waals surface area contributed by atoms with E-state index in [9.17, 15) is 23.1 Å². The van der Waals surface area contributed by atoms with Crippen LogP contribution in [0.25, 0.3) is 15.9 Å². The van der Waals surface area contributed by atoms with Gasteiger partial charge in [-0.2, -0.15) is 8.42 Å². The topological polar surface area (TPSA) is 139 Å². The summed E-state index contributed by atoms with van der Waals surface area (Å²) in [5, 5.41) is 18.9. The minimum Gasteiger partial charge on any atom is -0.501 e. The van der Waals surface area contributed by atoms with Crippen molar-refractivity contribution in [3.05, 3.63) is 99.3 Å². The number of benzene rings is 3. The Hall–Kier alpha value is -4.49. The van der Waals surface area contributed by atoms with Crippen molar-refractivity contribution < 1.29 is 26.9 Å². The molecule has 3 aromatic carbocycles. The molecular formula is C22H13N2O7S+. The van der Waals surface area contributed by atoms with E-state index in [0.29, 0.717) is 5.56 Å². The van der Waals surface area contributed by atoms with Crippen LogP contribution < -0.4 is 9.81 Å². The fourth-order valence-electron chi connectivity index (χ4n) is 3.04. The van der Waals surface area contributed by atoms with Crippen molar-refractivity contribution >= 4 is 32.6 Å². The second kappa shape index (κ2) is 7.98. The number of fused-ring (bicyclic) bond motifs is 1. The van der Waals surface area contributed by atoms with Crippen LogP contribution in [0.4, 0.5) is 5.69 Å². The van der Waals surface area contributed by atoms with E-state index in [1.807, 2.05) is 0 Å². The number of ketones is 1. The molecule has 1 aromatic heterocycles. The van der Waals surface area contributed by atoms with Crippen LogP contribution in [0.1, 0.15) is 15.9 Å². The fourth-order valence-corrected chi connectivity index (χ4v) is 4.01. The van der Waals surface area contributed by atoms with E-state index in [4.69, 9.17) is 14.0 Å². The fraction of sp³-hybridized carbons (Fsp3) is 0. The first-order chi connectivity index (χ1) is 15.3. The molecule has 0 saturated heterocycles. The molecule has 0 aliphatic heterocycles. The summed E-state index contributed by atoms with van der Waals surface area (Å²) in [6, 6.07) is 17.4. The molecule has 0 saturated carbocycles. The summed E-state index contributed by atoms with van der Waals surface area (Å²) < 4.78 is 36.0. The Morgan fingerprint density at radius 2 is 1.69 bits per heavy atom. The molecule has 158 valence electrons. The zero-order valence-electron chi connectivity index (χ0n) is 16.1. The van der Waals surface area contributed by atoms with E-state index in [-0.39, 0.29) is 27.2 Å². The molecule has 0 aliphatic rings. The van der Waals surface area contributed by atoms with Crippen molar-refractivity contribution in [2.24, 2.45) is 0 Å². The number of hydrogen-bond acceptors (Lipinski definition) is 8. The predicted molar refractivity (Wildman–Crippen MR) is 113 cm³/mol. The van der Waals surface area contributed by atoms with Crippen LogP contribution in [0.2, 0.25) is 0 Å². The van der Waals surface area contributed by atoms with E-state index in [0.717, 1.165) is 18.2 Å². The SMILES string of the molecule is N#[N+]c1c(O)c2cc(S(=O)(=O)Oc3ccccc3C(=O)c3ccccc3)ccc2oc1=O. The second-order valence-corrected chi connectivity index (χ2v) is 8.12. The van der Waals surface area contributed by atoms with Crippen molar-refractivity contribution in [3.63, 3.8) is 0 Å². The highest BCUT2D eigenvalue weighted by Gasteiger charge is 2.27. The van der Waals surface area contributed by atoms with Crippen LogP contribution in [0.5, 0.6) is 11.5 Å². The predicted octanol–water partition coefficient (Wildman–Crippen LogP) is 3.98. The Kier molecular flexibility index (Phi) is 5.18. The summed E-state index contributed by atoms with van der Waals surface area (Å²) in [4.78, 5) is 26.8. The Morgan fingerprint density at radius 3 is 2.41 bits per heavy atom. The van der Waals surface area contributed by atoms with Gasteiger partial charge in [-0.15, -0.1) is 0 Å². The third kappa shape index (κ3) is 3.68. The minimum atomic E-state index is -4.47. The third-order valence-corrected chi connectivity index (χ3v) is 5.81. The van der Waals surface area contributed by atoms with E-state index < -0.39 is 33.0 Å². The maximum atomic E-state index is 12.9. The highest BCUT2D eigenvalue weighted by atomic mass is 32.2. The smallest absolute Gasteiger partial charge is 0.501 e. The first-order valence-corrected chi connectivity index (χ1v) is 10.5. The number of carbonyl (C=O) groups excluding carboxylic acids is 1. The maximum absolute atomic E-state index is 12.9. The first kappa shape index (κ1) is 20.8. The van der Waals surface area contributed by atoms with Gasteiger partial charge < -0.3 is 13.7 Å². The molecule has 0 spiro atoms. The van der Waals surface area contributed by atoms with Gasteiger partial charge in [-0.25, -0.2) is 4.79 Å². The van der Waals surface area contributed by atoms with Gasteiger partial charge in [-0.3, -0.25) is 4.79 Å². The van der Waals surface area contributed by atoms with E-state index >= 15 is 0 Å². The van der Waals surface area contributed by atoms with Gasteiger partial charge in [0.05, 0.1) is 10.9 Å². The van der Waals surface area contributed by atoms with Gasteiger partial charge in [0, 0.05) is 5.56 Å². The highest BCUT2D eigenvalue weighted by Crippen LogP contribution is 2.34. The molecule has 4 rings (SSSR count). The zero-order valence-corrected chi connectivity index (χ0v) is 16.9. The van der Waals surface area contributed by atoms with Crippen LogP contribution >= 0.6 is 0 Å². The average Bonchev–Trinajstić information content (AvgIpc) is 2.79. The molecule has 0 radical (unpaired) electrons. The molecule has 1 N–H and O–H groups in total. The van der Waals surface area contributed by atoms with Crippen LogP contribution in [0, 0.1) is 5.39 Å². The normalized spacial score (nSPS) is 11.1. The van der Waals surface area contributed by atoms with Crippen molar-refractivity contribution in [2.45, 2.75) is 4.90 Å². The van der Waals surface area contributed by atoms with Gasteiger partial charge >= 0.3 is 21.4 Å². The molecule has 0 fully saturated rings. The lowest BCUT2D eigenvalue weighted by molar-refractivity contribution is 0.103. The van der Waals surface area contributed by atoms with E-state index in [1.165, 1.54) is 18.2 Å². The number of para-hydroxylation sites is 1. The highest BCUT2D eigenvalue weighted by molar-refractivity contribution is 7.87. The van der Waals surface area contributed by atoms with Crippen LogP contribution in [-0.4, -0.2) is 19.3 Å². The lowest BCUT2D eigenvalue weighted by Gasteiger charge is -2.11. The largest absolute Gasteiger partial charge is 0.510 e. The lowest BCUT2D eigenvalue weighted by atomic mass is 10.0. The Labute approximate surface area is 180 Å². The standard InChI is InChI=1S/C22H12N2O7S/c23-24-19-21(26)16-12-14(10-11-17(16)30-22(19)27)32(28,29)31-18-9-5-4-8-15(18)20(25)13-6-2-1-3-7-13/h1-12H/p+1. The van der Waals surface area contributed by atoms with Crippen LogP contribution in [-0.2, 0) is 10.1 Å². The second-order valence-electron chi connectivity index (χ2n) is 6.57. The number of diazo groups is 1. The number of aromatic hydroxyl groups is 1. The van der Waals surface area contributed by atoms with Gasteiger partial charge in [0.15, 0.2) is 16.5 Å². The van der Waals surface area contributed by atoms with Gasteiger partial charge in [0.1, 0.15) is 10.5 Å². The number of rotatable bonds is 5. The Morgan fingerprint density at radius 1 is 1.00 bits per heavy atom. The molecule has 0 bridgehead atoms. The summed E-state index contributed by atoms with van der Waals surface area (Å²) in [7, 11) is -4.47. The average molecular weight is 449 g/mol. The quantitative estimate of drug-likeness (QED) is 0.209. The number of hydrogen-bond donors (Lipinski definition) is 1. The van der Waals surface area contributed by atoms with Crippen LogP contribution in [0.3, 0.4) is 0 Å². The van der Waals surface area contributed by atoms with Gasteiger partial charge in [0.25, 0.3) is 0 Å². The first-order valence-electron chi connectivity index (χ1n) is 9.10. The molecule has 32 heavy (non-hydrogen) atoms. The molecule has 1 heterocycles. The van der Waals surface area contributed by atoms with E-state index in [1.54, 1.807) is 36.4 Å². The monoisotopic (exact) mass is 449 g/mol.